The Labute approximate surface area is 164 Å². The Morgan fingerprint density at radius 1 is 1.04 bits per heavy atom. The molecule has 0 radical (unpaired) electrons. The minimum absolute atomic E-state index is 0.212. The molecule has 1 aliphatic rings. The summed E-state index contributed by atoms with van der Waals surface area (Å²) in [7, 11) is 0. The molecule has 0 saturated heterocycles. The minimum Gasteiger partial charge on any atom is -0.479 e. The summed E-state index contributed by atoms with van der Waals surface area (Å²) in [5.74, 6) is -0.457. The number of hydrogen-bond acceptors (Lipinski definition) is 4. The maximum atomic E-state index is 12.2. The van der Waals surface area contributed by atoms with E-state index in [-0.39, 0.29) is 5.92 Å². The van der Waals surface area contributed by atoms with Crippen molar-refractivity contribution in [2.75, 3.05) is 0 Å². The smallest absolute Gasteiger partial charge is 0.345 e. The van der Waals surface area contributed by atoms with Crippen molar-refractivity contribution in [2.24, 2.45) is 11.8 Å². The van der Waals surface area contributed by atoms with Crippen LogP contribution < -0.4 is 0 Å². The number of rotatable bonds is 15. The molecule has 1 N–H and O–H groups in total. The van der Waals surface area contributed by atoms with Crippen LogP contribution in [0.25, 0.3) is 0 Å². The first-order valence-electron chi connectivity index (χ1n) is 10.9. The van der Waals surface area contributed by atoms with Crippen LogP contribution in [0, 0.1) is 11.8 Å². The number of carboxylic acids is 1. The summed E-state index contributed by atoms with van der Waals surface area (Å²) in [5.41, 5.74) is 0. The van der Waals surface area contributed by atoms with E-state index in [4.69, 9.17) is 9.84 Å². The van der Waals surface area contributed by atoms with Gasteiger partial charge in [0.1, 0.15) is 5.78 Å². The molecule has 0 bridgehead atoms. The molecule has 0 aromatic carbocycles. The zero-order valence-electron chi connectivity index (χ0n) is 17.2. The summed E-state index contributed by atoms with van der Waals surface area (Å²) in [6.45, 7) is 3.46. The molecule has 0 aromatic heterocycles. The zero-order chi connectivity index (χ0) is 20.1. The Bertz CT molecular complexity index is 460. The Hall–Kier alpha value is -1.39. The third-order valence-electron chi connectivity index (χ3n) is 5.74. The second-order valence-corrected chi connectivity index (χ2v) is 8.00. The van der Waals surface area contributed by atoms with Gasteiger partial charge in [-0.3, -0.25) is 9.59 Å². The fourth-order valence-corrected chi connectivity index (χ4v) is 4.21. The number of aliphatic carboxylic acids is 1. The maximum absolute atomic E-state index is 12.2. The van der Waals surface area contributed by atoms with Crippen LogP contribution in [-0.4, -0.2) is 28.9 Å². The molecule has 0 amide bonds. The standard InChI is InChI=1S/C22H38O5/c1-3-4-5-6-7-9-12-18-15-16-20(24)19(18)13-10-8-11-14-21(22(25)26)27-17(2)23/h18-19,21H,3-16H2,1-2H3,(H,25,26)/t18-,19+,21-/m0/s1. The van der Waals surface area contributed by atoms with Gasteiger partial charge >= 0.3 is 11.9 Å². The van der Waals surface area contributed by atoms with Crippen LogP contribution in [0.15, 0.2) is 0 Å². The van der Waals surface area contributed by atoms with Crippen molar-refractivity contribution in [3.63, 3.8) is 0 Å². The van der Waals surface area contributed by atoms with Gasteiger partial charge in [0.2, 0.25) is 0 Å². The highest BCUT2D eigenvalue weighted by molar-refractivity contribution is 5.83. The van der Waals surface area contributed by atoms with Gasteiger partial charge in [0.15, 0.2) is 6.10 Å². The first-order chi connectivity index (χ1) is 13.0. The Morgan fingerprint density at radius 2 is 1.67 bits per heavy atom. The van der Waals surface area contributed by atoms with Gasteiger partial charge in [-0.1, -0.05) is 58.3 Å². The number of carbonyl (C=O) groups is 3. The lowest BCUT2D eigenvalue weighted by molar-refractivity contribution is -0.163. The summed E-state index contributed by atoms with van der Waals surface area (Å²) in [6, 6.07) is 0. The first-order valence-corrected chi connectivity index (χ1v) is 10.9. The highest BCUT2D eigenvalue weighted by atomic mass is 16.6. The lowest BCUT2D eigenvalue weighted by Gasteiger charge is -2.18. The largest absolute Gasteiger partial charge is 0.479 e. The van der Waals surface area contributed by atoms with E-state index in [0.29, 0.717) is 24.5 Å². The summed E-state index contributed by atoms with van der Waals surface area (Å²) >= 11 is 0. The van der Waals surface area contributed by atoms with Gasteiger partial charge in [-0.25, -0.2) is 4.79 Å². The number of esters is 1. The number of ketones is 1. The van der Waals surface area contributed by atoms with Gasteiger partial charge in [0.25, 0.3) is 0 Å². The third-order valence-corrected chi connectivity index (χ3v) is 5.74. The zero-order valence-corrected chi connectivity index (χ0v) is 17.2. The molecule has 5 heteroatoms. The van der Waals surface area contributed by atoms with Gasteiger partial charge in [-0.2, -0.15) is 0 Å². The van der Waals surface area contributed by atoms with Crippen LogP contribution in [0.4, 0.5) is 0 Å². The Kier molecular flexibility index (Phi) is 12.0. The lowest BCUT2D eigenvalue weighted by atomic mass is 9.86. The van der Waals surface area contributed by atoms with Crippen molar-refractivity contribution in [3.8, 4) is 0 Å². The fourth-order valence-electron chi connectivity index (χ4n) is 4.21. The molecule has 1 saturated carbocycles. The molecule has 27 heavy (non-hydrogen) atoms. The van der Waals surface area contributed by atoms with Crippen LogP contribution in [0.2, 0.25) is 0 Å². The molecular weight excluding hydrogens is 344 g/mol. The topological polar surface area (TPSA) is 80.7 Å². The Morgan fingerprint density at radius 3 is 2.33 bits per heavy atom. The second-order valence-electron chi connectivity index (χ2n) is 8.00. The third kappa shape index (κ3) is 9.92. The number of carboxylic acid groups (broad SMARTS) is 1. The van der Waals surface area contributed by atoms with Gasteiger partial charge in [0, 0.05) is 19.3 Å². The number of hydrogen-bond donors (Lipinski definition) is 1. The van der Waals surface area contributed by atoms with Crippen LogP contribution >= 0.6 is 0 Å². The molecule has 5 nitrogen and oxygen atoms in total. The normalized spacial score (nSPS) is 20.6. The van der Waals surface area contributed by atoms with Gasteiger partial charge in [-0.15, -0.1) is 0 Å². The number of unbranched alkanes of at least 4 members (excludes halogenated alkanes) is 7. The number of ether oxygens (including phenoxy) is 1. The average Bonchev–Trinajstić information content (AvgIpc) is 2.96. The van der Waals surface area contributed by atoms with E-state index in [1.165, 1.54) is 51.9 Å². The molecule has 3 atom stereocenters. The highest BCUT2D eigenvalue weighted by Gasteiger charge is 2.33. The van der Waals surface area contributed by atoms with Crippen molar-refractivity contribution in [1.82, 2.24) is 0 Å². The fraction of sp³-hybridized carbons (Fsp3) is 0.864. The Balaban J connectivity index is 2.21. The summed E-state index contributed by atoms with van der Waals surface area (Å²) < 4.78 is 4.81. The van der Waals surface area contributed by atoms with E-state index >= 15 is 0 Å². The lowest BCUT2D eigenvalue weighted by Crippen LogP contribution is -2.25. The average molecular weight is 383 g/mol. The van der Waals surface area contributed by atoms with Crippen molar-refractivity contribution in [1.29, 1.82) is 0 Å². The minimum atomic E-state index is -1.09. The van der Waals surface area contributed by atoms with E-state index < -0.39 is 18.0 Å². The monoisotopic (exact) mass is 382 g/mol. The summed E-state index contributed by atoms with van der Waals surface area (Å²) in [4.78, 5) is 34.2. The maximum Gasteiger partial charge on any atom is 0.345 e. The molecule has 0 unspecified atom stereocenters. The summed E-state index contributed by atoms with van der Waals surface area (Å²) in [6.07, 6.45) is 13.4. The second kappa shape index (κ2) is 13.7. The van der Waals surface area contributed by atoms with Crippen LogP contribution in [0.5, 0.6) is 0 Å². The number of carbonyl (C=O) groups excluding carboxylic acids is 2. The van der Waals surface area contributed by atoms with Crippen molar-refractivity contribution in [3.05, 3.63) is 0 Å². The molecule has 156 valence electrons. The molecule has 1 aliphatic carbocycles. The van der Waals surface area contributed by atoms with E-state index in [9.17, 15) is 14.4 Å². The van der Waals surface area contributed by atoms with Crippen LogP contribution in [0.3, 0.4) is 0 Å². The van der Waals surface area contributed by atoms with Crippen LogP contribution in [0.1, 0.15) is 104 Å². The number of Topliss-reactive ketones (excluding diaryl/α,β-unsaturated/α-hetero) is 1. The predicted octanol–water partition coefficient (Wildman–Crippen LogP) is 5.30. The van der Waals surface area contributed by atoms with Crippen molar-refractivity contribution in [2.45, 2.75) is 110 Å². The quantitative estimate of drug-likeness (QED) is 0.307. The molecule has 1 fully saturated rings. The summed E-state index contributed by atoms with van der Waals surface area (Å²) in [5, 5.41) is 9.05. The van der Waals surface area contributed by atoms with Crippen molar-refractivity contribution < 1.29 is 24.2 Å². The predicted molar refractivity (Wildman–Crippen MR) is 105 cm³/mol. The highest BCUT2D eigenvalue weighted by Crippen LogP contribution is 2.36. The van der Waals surface area contributed by atoms with Crippen LogP contribution in [-0.2, 0) is 19.1 Å². The SMILES string of the molecule is CCCCCCCC[C@H]1CCC(=O)[C@@H]1CCCCC[C@H](OC(C)=O)C(=O)O. The van der Waals surface area contributed by atoms with E-state index in [1.54, 1.807) is 0 Å². The van der Waals surface area contributed by atoms with Gasteiger partial charge in [-0.05, 0) is 38.0 Å². The molecule has 0 aliphatic heterocycles. The first kappa shape index (κ1) is 23.6. The van der Waals surface area contributed by atoms with E-state index in [2.05, 4.69) is 6.92 Å². The van der Waals surface area contributed by atoms with E-state index in [1.807, 2.05) is 0 Å². The molecule has 0 aromatic rings. The molecule has 0 spiro atoms. The molecular formula is C22H38O5. The molecule has 0 heterocycles. The van der Waals surface area contributed by atoms with E-state index in [0.717, 1.165) is 32.1 Å². The van der Waals surface area contributed by atoms with Gasteiger partial charge in [0.05, 0.1) is 0 Å². The van der Waals surface area contributed by atoms with Gasteiger partial charge < -0.3 is 9.84 Å². The molecule has 1 rings (SSSR count). The van der Waals surface area contributed by atoms with Crippen molar-refractivity contribution >= 4 is 17.7 Å².